The van der Waals surface area contributed by atoms with Crippen LogP contribution in [0.25, 0.3) is 0 Å². The van der Waals surface area contributed by atoms with Crippen LogP contribution in [0, 0.1) is 0 Å². The fourth-order valence-corrected chi connectivity index (χ4v) is 2.45. The van der Waals surface area contributed by atoms with E-state index in [1.165, 1.54) is 5.56 Å². The Kier molecular flexibility index (Phi) is 4.73. The molecule has 4 heteroatoms. The summed E-state index contributed by atoms with van der Waals surface area (Å²) in [5.74, 6) is 0.897. The first-order valence-electron chi connectivity index (χ1n) is 6.09. The Labute approximate surface area is 112 Å². The van der Waals surface area contributed by atoms with Gasteiger partial charge in [0.05, 0.1) is 7.11 Å². The maximum atomic E-state index is 5.17. The van der Waals surface area contributed by atoms with Crippen molar-refractivity contribution in [3.05, 3.63) is 46.4 Å². The van der Waals surface area contributed by atoms with Crippen LogP contribution in [0.5, 0.6) is 5.75 Å². The van der Waals surface area contributed by atoms with Crippen molar-refractivity contribution in [1.82, 2.24) is 10.3 Å². The van der Waals surface area contributed by atoms with Crippen LogP contribution in [0.1, 0.15) is 30.0 Å². The highest BCUT2D eigenvalue weighted by molar-refractivity contribution is 7.09. The second-order valence-corrected chi connectivity index (χ2v) is 5.02. The summed E-state index contributed by atoms with van der Waals surface area (Å²) >= 11 is 1.68. The van der Waals surface area contributed by atoms with Crippen LogP contribution in [0.2, 0.25) is 0 Å². The lowest BCUT2D eigenvalue weighted by Crippen LogP contribution is -2.20. The summed E-state index contributed by atoms with van der Waals surface area (Å²) < 4.78 is 5.17. The molecule has 0 fully saturated rings. The SMILES string of the molecule is CCC(NCc1nccs1)c1ccc(OC)cc1. The number of rotatable bonds is 6. The van der Waals surface area contributed by atoms with E-state index in [9.17, 15) is 0 Å². The van der Waals surface area contributed by atoms with Gasteiger partial charge < -0.3 is 10.1 Å². The van der Waals surface area contributed by atoms with Crippen molar-refractivity contribution in [2.24, 2.45) is 0 Å². The molecule has 0 spiro atoms. The first-order chi connectivity index (χ1) is 8.83. The largest absolute Gasteiger partial charge is 0.497 e. The lowest BCUT2D eigenvalue weighted by molar-refractivity contribution is 0.414. The smallest absolute Gasteiger partial charge is 0.118 e. The summed E-state index contributed by atoms with van der Waals surface area (Å²) in [6, 6.07) is 8.59. The maximum Gasteiger partial charge on any atom is 0.118 e. The van der Waals surface area contributed by atoms with Crippen molar-refractivity contribution in [2.75, 3.05) is 7.11 Å². The van der Waals surface area contributed by atoms with Crippen molar-refractivity contribution in [1.29, 1.82) is 0 Å². The van der Waals surface area contributed by atoms with Gasteiger partial charge in [-0.25, -0.2) is 4.98 Å². The normalized spacial score (nSPS) is 12.3. The molecule has 1 aromatic heterocycles. The second-order valence-electron chi connectivity index (χ2n) is 4.04. The monoisotopic (exact) mass is 262 g/mol. The van der Waals surface area contributed by atoms with Gasteiger partial charge in [-0.05, 0) is 24.1 Å². The van der Waals surface area contributed by atoms with E-state index in [1.807, 2.05) is 23.7 Å². The van der Waals surface area contributed by atoms with Crippen LogP contribution < -0.4 is 10.1 Å². The number of nitrogens with one attached hydrogen (secondary N) is 1. The van der Waals surface area contributed by atoms with E-state index in [1.54, 1.807) is 18.4 Å². The maximum absolute atomic E-state index is 5.17. The molecule has 0 aliphatic heterocycles. The molecule has 0 saturated carbocycles. The second kappa shape index (κ2) is 6.52. The highest BCUT2D eigenvalue weighted by Gasteiger charge is 2.09. The first-order valence-corrected chi connectivity index (χ1v) is 6.97. The van der Waals surface area contributed by atoms with Crippen molar-refractivity contribution >= 4 is 11.3 Å². The molecule has 0 amide bonds. The third-order valence-electron chi connectivity index (χ3n) is 2.91. The molecular weight excluding hydrogens is 244 g/mol. The van der Waals surface area contributed by atoms with Gasteiger partial charge in [0.2, 0.25) is 0 Å². The Morgan fingerprint density at radius 3 is 2.67 bits per heavy atom. The first kappa shape index (κ1) is 13.1. The molecule has 2 rings (SSSR count). The predicted octanol–water partition coefficient (Wildman–Crippen LogP) is 3.39. The van der Waals surface area contributed by atoms with Crippen LogP contribution in [0.3, 0.4) is 0 Å². The Hall–Kier alpha value is -1.39. The third kappa shape index (κ3) is 3.31. The number of benzene rings is 1. The van der Waals surface area contributed by atoms with Gasteiger partial charge in [0.1, 0.15) is 10.8 Å². The standard InChI is InChI=1S/C14H18N2OS/c1-3-13(16-10-14-15-8-9-18-14)11-4-6-12(17-2)7-5-11/h4-9,13,16H,3,10H2,1-2H3. The molecule has 1 aromatic carbocycles. The zero-order chi connectivity index (χ0) is 12.8. The summed E-state index contributed by atoms with van der Waals surface area (Å²) in [6.45, 7) is 3.01. The van der Waals surface area contributed by atoms with Gasteiger partial charge in [-0.2, -0.15) is 0 Å². The van der Waals surface area contributed by atoms with Crippen LogP contribution in [-0.2, 0) is 6.54 Å². The van der Waals surface area contributed by atoms with Gasteiger partial charge in [-0.1, -0.05) is 19.1 Å². The van der Waals surface area contributed by atoms with E-state index >= 15 is 0 Å². The minimum atomic E-state index is 0.361. The number of methoxy groups -OCH3 is 1. The molecule has 1 unspecified atom stereocenters. The Morgan fingerprint density at radius 2 is 2.11 bits per heavy atom. The fourth-order valence-electron chi connectivity index (χ4n) is 1.88. The van der Waals surface area contributed by atoms with E-state index in [0.29, 0.717) is 6.04 Å². The molecule has 0 bridgehead atoms. The molecule has 0 radical (unpaired) electrons. The molecule has 1 N–H and O–H groups in total. The molecule has 1 heterocycles. The number of nitrogens with zero attached hydrogens (tertiary/aromatic N) is 1. The molecule has 0 aliphatic carbocycles. The van der Waals surface area contributed by atoms with Gasteiger partial charge in [0.15, 0.2) is 0 Å². The summed E-state index contributed by atoms with van der Waals surface area (Å²) in [5, 5.41) is 6.66. The van der Waals surface area contributed by atoms with Crippen molar-refractivity contribution in [3.63, 3.8) is 0 Å². The average Bonchev–Trinajstić information content (AvgIpc) is 2.93. The topological polar surface area (TPSA) is 34.2 Å². The van der Waals surface area contributed by atoms with E-state index in [0.717, 1.165) is 23.7 Å². The van der Waals surface area contributed by atoms with Crippen LogP contribution in [0.4, 0.5) is 0 Å². The summed E-state index contributed by atoms with van der Waals surface area (Å²) in [6.07, 6.45) is 2.90. The van der Waals surface area contributed by atoms with E-state index in [-0.39, 0.29) is 0 Å². The molecule has 2 aromatic rings. The highest BCUT2D eigenvalue weighted by Crippen LogP contribution is 2.20. The van der Waals surface area contributed by atoms with Gasteiger partial charge in [-0.3, -0.25) is 0 Å². The molecule has 1 atom stereocenters. The zero-order valence-corrected chi connectivity index (χ0v) is 11.5. The third-order valence-corrected chi connectivity index (χ3v) is 3.69. The van der Waals surface area contributed by atoms with E-state index < -0.39 is 0 Å². The van der Waals surface area contributed by atoms with E-state index in [2.05, 4.69) is 29.4 Å². The lowest BCUT2D eigenvalue weighted by atomic mass is 10.0. The highest BCUT2D eigenvalue weighted by atomic mass is 32.1. The summed E-state index contributed by atoms with van der Waals surface area (Å²) in [4.78, 5) is 4.28. The fraction of sp³-hybridized carbons (Fsp3) is 0.357. The summed E-state index contributed by atoms with van der Waals surface area (Å²) in [5.41, 5.74) is 1.29. The number of hydrogen-bond acceptors (Lipinski definition) is 4. The Bertz CT molecular complexity index is 453. The minimum absolute atomic E-state index is 0.361. The van der Waals surface area contributed by atoms with Crippen molar-refractivity contribution in [3.8, 4) is 5.75 Å². The number of hydrogen-bond donors (Lipinski definition) is 1. The zero-order valence-electron chi connectivity index (χ0n) is 10.7. The molecule has 3 nitrogen and oxygen atoms in total. The van der Waals surface area contributed by atoms with Crippen LogP contribution in [-0.4, -0.2) is 12.1 Å². The molecule has 0 saturated heterocycles. The van der Waals surface area contributed by atoms with Crippen molar-refractivity contribution < 1.29 is 4.74 Å². The minimum Gasteiger partial charge on any atom is -0.497 e. The van der Waals surface area contributed by atoms with Gasteiger partial charge in [0, 0.05) is 24.2 Å². The quantitative estimate of drug-likeness (QED) is 0.866. The van der Waals surface area contributed by atoms with Gasteiger partial charge in [0.25, 0.3) is 0 Å². The molecule has 0 aliphatic rings. The molecule has 18 heavy (non-hydrogen) atoms. The summed E-state index contributed by atoms with van der Waals surface area (Å²) in [7, 11) is 1.69. The van der Waals surface area contributed by atoms with Crippen molar-refractivity contribution in [2.45, 2.75) is 25.9 Å². The molecular formula is C14H18N2OS. The molecule has 96 valence electrons. The Balaban J connectivity index is 1.98. The van der Waals surface area contributed by atoms with Gasteiger partial charge >= 0.3 is 0 Å². The number of aromatic nitrogens is 1. The number of ether oxygens (including phenoxy) is 1. The average molecular weight is 262 g/mol. The lowest BCUT2D eigenvalue weighted by Gasteiger charge is -2.17. The van der Waals surface area contributed by atoms with E-state index in [4.69, 9.17) is 4.74 Å². The number of thiazole rings is 1. The van der Waals surface area contributed by atoms with Crippen LogP contribution >= 0.6 is 11.3 Å². The van der Waals surface area contributed by atoms with Crippen LogP contribution in [0.15, 0.2) is 35.8 Å². The van der Waals surface area contributed by atoms with Gasteiger partial charge in [-0.15, -0.1) is 11.3 Å². The Morgan fingerprint density at radius 1 is 1.33 bits per heavy atom. The predicted molar refractivity (Wildman–Crippen MR) is 75.0 cm³/mol.